The second kappa shape index (κ2) is 5.79. The number of rotatable bonds is 5. The van der Waals surface area contributed by atoms with Crippen molar-refractivity contribution in [1.82, 2.24) is 9.97 Å². The number of aryl methyl sites for hydroxylation is 1. The fourth-order valence-corrected chi connectivity index (χ4v) is 2.76. The molecule has 0 aliphatic heterocycles. The van der Waals surface area contributed by atoms with E-state index >= 15 is 0 Å². The number of hydrogen-bond donors (Lipinski definition) is 2. The molecule has 0 aliphatic rings. The average molecular weight is 288 g/mol. The fourth-order valence-electron chi connectivity index (χ4n) is 1.66. The minimum Gasteiger partial charge on any atom is -0.394 e. The topological polar surface area (TPSA) is 67.3 Å². The first kappa shape index (κ1) is 13.5. The number of hydrogen-bond acceptors (Lipinski definition) is 6. The lowest BCUT2D eigenvalue weighted by atomic mass is 10.3. The molecule has 98 valence electrons. The molecule has 0 amide bonds. The van der Waals surface area contributed by atoms with Crippen molar-refractivity contribution in [3.05, 3.63) is 16.2 Å². The summed E-state index contributed by atoms with van der Waals surface area (Å²) in [6.07, 6.45) is 0. The first-order valence-electron chi connectivity index (χ1n) is 5.44. The van der Waals surface area contributed by atoms with E-state index in [1.807, 2.05) is 13.0 Å². The minimum absolute atomic E-state index is 0.0416. The predicted octanol–water partition coefficient (Wildman–Crippen LogP) is 2.07. The smallest absolute Gasteiger partial charge is 0.225 e. The van der Waals surface area contributed by atoms with Crippen LogP contribution < -0.4 is 5.32 Å². The van der Waals surface area contributed by atoms with E-state index in [-0.39, 0.29) is 17.9 Å². The molecule has 0 bridgehead atoms. The van der Waals surface area contributed by atoms with Crippen molar-refractivity contribution in [2.45, 2.75) is 13.0 Å². The predicted molar refractivity (Wildman–Crippen MR) is 73.5 cm³/mol. The van der Waals surface area contributed by atoms with Crippen molar-refractivity contribution in [3.8, 4) is 0 Å². The van der Waals surface area contributed by atoms with Gasteiger partial charge in [0.2, 0.25) is 5.28 Å². The van der Waals surface area contributed by atoms with Gasteiger partial charge < -0.3 is 15.2 Å². The van der Waals surface area contributed by atoms with E-state index in [9.17, 15) is 5.11 Å². The number of halogens is 1. The van der Waals surface area contributed by atoms with E-state index in [4.69, 9.17) is 16.3 Å². The van der Waals surface area contributed by atoms with Gasteiger partial charge in [0.05, 0.1) is 24.6 Å². The molecule has 2 rings (SSSR count). The van der Waals surface area contributed by atoms with Gasteiger partial charge in [0.25, 0.3) is 0 Å². The number of nitrogens with one attached hydrogen (secondary N) is 1. The Morgan fingerprint density at radius 3 is 3.00 bits per heavy atom. The van der Waals surface area contributed by atoms with E-state index in [2.05, 4.69) is 15.3 Å². The summed E-state index contributed by atoms with van der Waals surface area (Å²) in [5.74, 6) is 0.630. The number of nitrogens with zero attached hydrogens (tertiary/aromatic N) is 2. The number of aliphatic hydroxyl groups is 1. The number of anilines is 1. The molecule has 0 fully saturated rings. The Hall–Kier alpha value is -0.950. The number of methoxy groups -OCH3 is 1. The van der Waals surface area contributed by atoms with Gasteiger partial charge in [-0.25, -0.2) is 9.97 Å². The minimum atomic E-state index is -0.218. The van der Waals surface area contributed by atoms with Gasteiger partial charge in [-0.1, -0.05) is 0 Å². The Balaban J connectivity index is 2.36. The van der Waals surface area contributed by atoms with Gasteiger partial charge in [-0.05, 0) is 24.6 Å². The first-order chi connectivity index (χ1) is 8.63. The lowest BCUT2D eigenvalue weighted by Gasteiger charge is -2.16. The quantitative estimate of drug-likeness (QED) is 0.824. The van der Waals surface area contributed by atoms with Gasteiger partial charge >= 0.3 is 0 Å². The highest BCUT2D eigenvalue weighted by Crippen LogP contribution is 2.29. The maximum atomic E-state index is 9.25. The van der Waals surface area contributed by atoms with Gasteiger partial charge in [0, 0.05) is 12.0 Å². The molecule has 18 heavy (non-hydrogen) atoms. The molecular formula is C11H14ClN3O2S. The molecule has 0 radical (unpaired) electrons. The molecule has 0 aromatic carbocycles. The number of aromatic nitrogens is 2. The van der Waals surface area contributed by atoms with Crippen LogP contribution in [0.4, 0.5) is 5.82 Å². The van der Waals surface area contributed by atoms with Crippen LogP contribution in [0.1, 0.15) is 4.88 Å². The number of fused-ring (bicyclic) bond motifs is 1. The van der Waals surface area contributed by atoms with E-state index in [0.29, 0.717) is 12.4 Å². The van der Waals surface area contributed by atoms with Crippen LogP contribution in [0.2, 0.25) is 5.28 Å². The third-order valence-corrected chi connectivity index (χ3v) is 3.53. The van der Waals surface area contributed by atoms with Crippen molar-refractivity contribution >= 4 is 39.0 Å². The highest BCUT2D eigenvalue weighted by Gasteiger charge is 2.13. The second-order valence-corrected chi connectivity index (χ2v) is 5.47. The maximum Gasteiger partial charge on any atom is 0.225 e. The van der Waals surface area contributed by atoms with Crippen molar-refractivity contribution in [1.29, 1.82) is 0 Å². The lowest BCUT2D eigenvalue weighted by Crippen LogP contribution is -2.29. The van der Waals surface area contributed by atoms with Crippen LogP contribution in [0.5, 0.6) is 0 Å². The van der Waals surface area contributed by atoms with E-state index < -0.39 is 0 Å². The SMILES string of the molecule is COCC(CO)Nc1nc(Cl)nc2sc(C)cc12. The molecule has 0 spiro atoms. The van der Waals surface area contributed by atoms with Crippen molar-refractivity contribution in [3.63, 3.8) is 0 Å². The van der Waals surface area contributed by atoms with E-state index in [0.717, 1.165) is 15.1 Å². The molecule has 2 aromatic heterocycles. The summed E-state index contributed by atoms with van der Waals surface area (Å²) in [5, 5.41) is 13.5. The van der Waals surface area contributed by atoms with E-state index in [1.165, 1.54) is 0 Å². The van der Waals surface area contributed by atoms with Crippen LogP contribution in [0, 0.1) is 6.92 Å². The first-order valence-corrected chi connectivity index (χ1v) is 6.63. The third-order valence-electron chi connectivity index (χ3n) is 2.42. The largest absolute Gasteiger partial charge is 0.394 e. The molecule has 0 saturated heterocycles. The molecule has 5 nitrogen and oxygen atoms in total. The Morgan fingerprint density at radius 2 is 2.33 bits per heavy atom. The maximum absolute atomic E-state index is 9.25. The molecular weight excluding hydrogens is 274 g/mol. The van der Waals surface area contributed by atoms with Crippen molar-refractivity contribution in [2.24, 2.45) is 0 Å². The van der Waals surface area contributed by atoms with Crippen molar-refractivity contribution < 1.29 is 9.84 Å². The molecule has 7 heteroatoms. The molecule has 1 unspecified atom stereocenters. The second-order valence-electron chi connectivity index (χ2n) is 3.90. The summed E-state index contributed by atoms with van der Waals surface area (Å²) in [4.78, 5) is 10.3. The highest BCUT2D eigenvalue weighted by atomic mass is 35.5. The number of thiophene rings is 1. The Kier molecular flexibility index (Phi) is 4.34. The molecule has 2 heterocycles. The van der Waals surface area contributed by atoms with Gasteiger partial charge in [-0.2, -0.15) is 0 Å². The lowest BCUT2D eigenvalue weighted by molar-refractivity contribution is 0.153. The summed E-state index contributed by atoms with van der Waals surface area (Å²) in [7, 11) is 1.58. The average Bonchev–Trinajstić information content (AvgIpc) is 2.68. The monoisotopic (exact) mass is 287 g/mol. The van der Waals surface area contributed by atoms with Crippen LogP contribution in [0.15, 0.2) is 6.07 Å². The van der Waals surface area contributed by atoms with Gasteiger partial charge in [-0.15, -0.1) is 11.3 Å². The van der Waals surface area contributed by atoms with E-state index in [1.54, 1.807) is 18.4 Å². The van der Waals surface area contributed by atoms with Crippen molar-refractivity contribution in [2.75, 3.05) is 25.6 Å². The van der Waals surface area contributed by atoms with Crippen LogP contribution in [0.25, 0.3) is 10.2 Å². The summed E-state index contributed by atoms with van der Waals surface area (Å²) in [6, 6.07) is 1.78. The zero-order chi connectivity index (χ0) is 13.1. The summed E-state index contributed by atoms with van der Waals surface area (Å²) >= 11 is 7.45. The summed E-state index contributed by atoms with van der Waals surface area (Å²) in [6.45, 7) is 2.35. The third kappa shape index (κ3) is 2.89. The van der Waals surface area contributed by atoms with Gasteiger partial charge in [0.1, 0.15) is 10.6 Å². The molecule has 1 atom stereocenters. The zero-order valence-electron chi connectivity index (χ0n) is 10.1. The summed E-state index contributed by atoms with van der Waals surface area (Å²) < 4.78 is 5.02. The Morgan fingerprint density at radius 1 is 1.56 bits per heavy atom. The molecule has 0 aliphatic carbocycles. The van der Waals surface area contributed by atoms with Crippen LogP contribution in [-0.2, 0) is 4.74 Å². The molecule has 2 aromatic rings. The summed E-state index contributed by atoms with van der Waals surface area (Å²) in [5.41, 5.74) is 0. The van der Waals surface area contributed by atoms with Crippen LogP contribution in [-0.4, -0.2) is 41.4 Å². The Labute approximate surface area is 114 Å². The number of aliphatic hydroxyl groups excluding tert-OH is 1. The van der Waals surface area contributed by atoms with Gasteiger partial charge in [0.15, 0.2) is 0 Å². The highest BCUT2D eigenvalue weighted by molar-refractivity contribution is 7.18. The standard InChI is InChI=1S/C11H14ClN3O2S/c1-6-3-8-9(13-7(4-16)5-17-2)14-11(12)15-10(8)18-6/h3,7,16H,4-5H2,1-2H3,(H,13,14,15). The molecule has 0 saturated carbocycles. The zero-order valence-corrected chi connectivity index (χ0v) is 11.7. The molecule has 2 N–H and O–H groups in total. The van der Waals surface area contributed by atoms with Crippen LogP contribution >= 0.6 is 22.9 Å². The Bertz CT molecular complexity index is 546. The normalized spacial score (nSPS) is 12.9. The van der Waals surface area contributed by atoms with Crippen LogP contribution in [0.3, 0.4) is 0 Å². The number of ether oxygens (including phenoxy) is 1. The fraction of sp³-hybridized carbons (Fsp3) is 0.455. The van der Waals surface area contributed by atoms with Gasteiger partial charge in [-0.3, -0.25) is 0 Å².